The molecule has 2 unspecified atom stereocenters. The Morgan fingerprint density at radius 3 is 2.81 bits per heavy atom. The minimum atomic E-state index is -1.38. The van der Waals surface area contributed by atoms with E-state index in [2.05, 4.69) is 13.8 Å². The van der Waals surface area contributed by atoms with Gasteiger partial charge >= 0.3 is 0 Å². The van der Waals surface area contributed by atoms with E-state index in [0.29, 0.717) is 6.42 Å². The summed E-state index contributed by atoms with van der Waals surface area (Å²) in [5.74, 6) is 0.0439. The van der Waals surface area contributed by atoms with Gasteiger partial charge in [0.1, 0.15) is 11.2 Å². The third kappa shape index (κ3) is 1.79. The number of ketones is 2. The molecule has 0 aromatic heterocycles. The third-order valence-electron chi connectivity index (χ3n) is 9.06. The molecule has 5 heteroatoms. The second-order valence-electron chi connectivity index (χ2n) is 9.84. The van der Waals surface area contributed by atoms with Crippen LogP contribution in [-0.4, -0.2) is 39.9 Å². The lowest BCUT2D eigenvalue weighted by molar-refractivity contribution is -0.160. The fraction of sp³-hybridized carbons (Fsp3) is 0.727. The zero-order valence-electron chi connectivity index (χ0n) is 16.1. The molecule has 1 saturated heterocycles. The molecule has 4 aliphatic carbocycles. The summed E-state index contributed by atoms with van der Waals surface area (Å²) >= 11 is 5.90. The van der Waals surface area contributed by atoms with Gasteiger partial charge in [-0.3, -0.25) is 9.59 Å². The van der Waals surface area contributed by atoms with Crippen LogP contribution in [0.25, 0.3) is 0 Å². The predicted molar refractivity (Wildman–Crippen MR) is 101 cm³/mol. The number of ether oxygens (including phenoxy) is 1. The second-order valence-corrected chi connectivity index (χ2v) is 10.1. The number of allylic oxidation sites excluding steroid dienone is 2. The average molecular weight is 391 g/mol. The lowest BCUT2D eigenvalue weighted by Crippen LogP contribution is -2.62. The van der Waals surface area contributed by atoms with Crippen LogP contribution in [0, 0.1) is 28.6 Å². The van der Waals surface area contributed by atoms with Gasteiger partial charge in [-0.1, -0.05) is 25.5 Å². The maximum atomic E-state index is 12.7. The van der Waals surface area contributed by atoms with Gasteiger partial charge in [0.15, 0.2) is 11.6 Å². The Hall–Kier alpha value is -0.970. The van der Waals surface area contributed by atoms with Gasteiger partial charge in [-0.25, -0.2) is 0 Å². The molecule has 4 nitrogen and oxygen atoms in total. The molecule has 5 rings (SSSR count). The number of epoxide rings is 1. The van der Waals surface area contributed by atoms with Crippen molar-refractivity contribution in [3.05, 3.63) is 23.8 Å². The number of fused-ring (bicyclic) bond motifs is 3. The van der Waals surface area contributed by atoms with Gasteiger partial charge in [-0.2, -0.15) is 0 Å². The summed E-state index contributed by atoms with van der Waals surface area (Å²) in [6.45, 7) is 6.26. The minimum Gasteiger partial charge on any atom is -0.381 e. The molecule has 146 valence electrons. The molecule has 1 heterocycles. The van der Waals surface area contributed by atoms with E-state index in [-0.39, 0.29) is 52.3 Å². The number of Topliss-reactive ketones (excluding diaryl/α,β-unsaturated/α-hetero) is 1. The van der Waals surface area contributed by atoms with Crippen LogP contribution >= 0.6 is 11.6 Å². The van der Waals surface area contributed by atoms with Crippen LogP contribution in [0.3, 0.4) is 0 Å². The first-order valence-corrected chi connectivity index (χ1v) is 10.6. The van der Waals surface area contributed by atoms with E-state index in [0.717, 1.165) is 19.3 Å². The van der Waals surface area contributed by atoms with Crippen molar-refractivity contribution in [3.8, 4) is 0 Å². The van der Waals surface area contributed by atoms with Crippen molar-refractivity contribution in [2.75, 3.05) is 5.88 Å². The summed E-state index contributed by atoms with van der Waals surface area (Å²) in [5.41, 5.74) is -1.29. The molecule has 5 aliphatic rings. The first-order valence-electron chi connectivity index (χ1n) is 10.1. The number of carbonyl (C=O) groups is 2. The molecule has 0 aromatic rings. The Morgan fingerprint density at radius 2 is 2.11 bits per heavy atom. The van der Waals surface area contributed by atoms with E-state index >= 15 is 0 Å². The Balaban J connectivity index is 1.60. The fourth-order valence-corrected chi connectivity index (χ4v) is 7.88. The first kappa shape index (κ1) is 18.1. The maximum absolute atomic E-state index is 12.7. The van der Waals surface area contributed by atoms with E-state index in [1.54, 1.807) is 12.2 Å². The van der Waals surface area contributed by atoms with Gasteiger partial charge in [0.05, 0.1) is 12.0 Å². The molecule has 1 spiro atoms. The number of alkyl halides is 1. The van der Waals surface area contributed by atoms with Gasteiger partial charge in [-0.15, -0.1) is 11.6 Å². The number of hydrogen-bond acceptors (Lipinski definition) is 4. The number of halogens is 1. The lowest BCUT2D eigenvalue weighted by atomic mass is 9.47. The molecule has 27 heavy (non-hydrogen) atoms. The summed E-state index contributed by atoms with van der Waals surface area (Å²) < 4.78 is 6.46. The predicted octanol–water partition coefficient (Wildman–Crippen LogP) is 3.21. The van der Waals surface area contributed by atoms with Crippen molar-refractivity contribution in [2.45, 2.75) is 63.8 Å². The van der Waals surface area contributed by atoms with Crippen molar-refractivity contribution < 1.29 is 19.4 Å². The van der Waals surface area contributed by atoms with E-state index in [1.807, 2.05) is 13.0 Å². The van der Waals surface area contributed by atoms with Crippen molar-refractivity contribution in [1.29, 1.82) is 0 Å². The SMILES string of the molecule is C[C@H]1C[C@H]2[C@@H]3CCC4=CC(=O)C=C[C@]4(C)C34OC4C[C@]2(C)[C@@]1(O)C(=O)CCl. The summed E-state index contributed by atoms with van der Waals surface area (Å²) in [6.07, 6.45) is 8.83. The van der Waals surface area contributed by atoms with Crippen molar-refractivity contribution >= 4 is 23.2 Å². The molecule has 4 fully saturated rings. The molecular formula is C22H27ClO4. The summed E-state index contributed by atoms with van der Waals surface area (Å²) in [4.78, 5) is 24.7. The van der Waals surface area contributed by atoms with E-state index in [9.17, 15) is 14.7 Å². The highest BCUT2D eigenvalue weighted by Crippen LogP contribution is 2.76. The molecule has 3 saturated carbocycles. The third-order valence-corrected chi connectivity index (χ3v) is 9.30. The highest BCUT2D eigenvalue weighted by Gasteiger charge is 2.81. The Morgan fingerprint density at radius 1 is 1.37 bits per heavy atom. The molecule has 1 N–H and O–H groups in total. The van der Waals surface area contributed by atoms with Crippen LogP contribution in [0.1, 0.15) is 46.5 Å². The molecule has 0 radical (unpaired) electrons. The van der Waals surface area contributed by atoms with Crippen LogP contribution in [-0.2, 0) is 14.3 Å². The van der Waals surface area contributed by atoms with Crippen molar-refractivity contribution in [2.24, 2.45) is 28.6 Å². The summed E-state index contributed by atoms with van der Waals surface area (Å²) in [5, 5.41) is 11.6. The van der Waals surface area contributed by atoms with Crippen LogP contribution < -0.4 is 0 Å². The van der Waals surface area contributed by atoms with Gasteiger partial charge in [0, 0.05) is 10.8 Å². The van der Waals surface area contributed by atoms with Gasteiger partial charge in [-0.05, 0) is 62.5 Å². The topological polar surface area (TPSA) is 66.9 Å². The van der Waals surface area contributed by atoms with Crippen molar-refractivity contribution in [1.82, 2.24) is 0 Å². The molecule has 8 atom stereocenters. The monoisotopic (exact) mass is 390 g/mol. The first-order chi connectivity index (χ1) is 12.6. The van der Waals surface area contributed by atoms with Crippen LogP contribution in [0.15, 0.2) is 23.8 Å². The fourth-order valence-electron chi connectivity index (χ4n) is 7.68. The second kappa shape index (κ2) is 5.14. The average Bonchev–Trinajstić information content (AvgIpc) is 3.31. The Bertz CT molecular complexity index is 817. The minimum absolute atomic E-state index is 0.00949. The van der Waals surface area contributed by atoms with E-state index in [4.69, 9.17) is 16.3 Å². The maximum Gasteiger partial charge on any atom is 0.179 e. The van der Waals surface area contributed by atoms with Gasteiger partial charge < -0.3 is 9.84 Å². The molecule has 1 aliphatic heterocycles. The summed E-state index contributed by atoms with van der Waals surface area (Å²) in [6, 6.07) is 0. The molecule has 0 aromatic carbocycles. The zero-order chi connectivity index (χ0) is 19.4. The van der Waals surface area contributed by atoms with E-state index in [1.165, 1.54) is 5.57 Å². The Kier molecular flexibility index (Phi) is 3.44. The lowest BCUT2D eigenvalue weighted by Gasteiger charge is -2.55. The van der Waals surface area contributed by atoms with E-state index < -0.39 is 11.0 Å². The summed E-state index contributed by atoms with van der Waals surface area (Å²) in [7, 11) is 0. The molecule has 0 amide bonds. The molecule has 0 bridgehead atoms. The number of carbonyl (C=O) groups excluding carboxylic acids is 2. The molecular weight excluding hydrogens is 364 g/mol. The van der Waals surface area contributed by atoms with Crippen LogP contribution in [0.4, 0.5) is 0 Å². The van der Waals surface area contributed by atoms with Gasteiger partial charge in [0.2, 0.25) is 0 Å². The number of rotatable bonds is 2. The highest BCUT2D eigenvalue weighted by molar-refractivity contribution is 6.29. The number of aliphatic hydroxyl groups is 1. The smallest absolute Gasteiger partial charge is 0.179 e. The van der Waals surface area contributed by atoms with Gasteiger partial charge in [0.25, 0.3) is 0 Å². The quantitative estimate of drug-likeness (QED) is 0.580. The number of hydrogen-bond donors (Lipinski definition) is 1. The Labute approximate surface area is 165 Å². The highest BCUT2D eigenvalue weighted by atomic mass is 35.5. The van der Waals surface area contributed by atoms with Crippen LogP contribution in [0.2, 0.25) is 0 Å². The van der Waals surface area contributed by atoms with Crippen molar-refractivity contribution in [3.63, 3.8) is 0 Å². The van der Waals surface area contributed by atoms with Crippen LogP contribution in [0.5, 0.6) is 0 Å². The zero-order valence-corrected chi connectivity index (χ0v) is 16.9. The largest absolute Gasteiger partial charge is 0.381 e. The normalized spacial score (nSPS) is 55.1. The standard InChI is InChI=1S/C22H27ClO4/c1-12-8-16-15-5-4-13-9-14(24)6-7-19(13,2)22(15)18(27-22)10-20(16,3)21(12,26)17(25)11-23/h6-7,9,12,15-16,18,26H,4-5,8,10-11H2,1-3H3/t12-,15-,16-,18?,19-,20-,21-,22?/m0/s1.